The van der Waals surface area contributed by atoms with E-state index in [0.29, 0.717) is 10.8 Å². The highest BCUT2D eigenvalue weighted by atomic mass is 32.2. The molecule has 0 aliphatic carbocycles. The summed E-state index contributed by atoms with van der Waals surface area (Å²) in [5.74, 6) is 0.0820. The van der Waals surface area contributed by atoms with E-state index in [-0.39, 0.29) is 23.1 Å². The van der Waals surface area contributed by atoms with E-state index in [9.17, 15) is 14.9 Å². The molecule has 1 N–H and O–H groups in total. The monoisotopic (exact) mass is 323 g/mol. The molecule has 22 heavy (non-hydrogen) atoms. The molecule has 0 atom stereocenters. The van der Waals surface area contributed by atoms with Gasteiger partial charge in [0.15, 0.2) is 5.16 Å². The largest absolute Gasteiger partial charge is 0.494 e. The number of amides is 1. The van der Waals surface area contributed by atoms with E-state index >= 15 is 0 Å². The number of carbonyl (C=O) groups is 1. The first kappa shape index (κ1) is 15.8. The van der Waals surface area contributed by atoms with Gasteiger partial charge >= 0.3 is 0 Å². The highest BCUT2D eigenvalue weighted by molar-refractivity contribution is 7.99. The molecule has 0 unspecified atom stereocenters. The number of aryl methyl sites for hydroxylation is 1. The number of nitrogens with one attached hydrogen (secondary N) is 1. The maximum absolute atomic E-state index is 11.9. The van der Waals surface area contributed by atoms with Crippen molar-refractivity contribution in [1.29, 1.82) is 0 Å². The van der Waals surface area contributed by atoms with Gasteiger partial charge in [0.05, 0.1) is 29.5 Å². The number of ether oxygens (including phenoxy) is 1. The number of nitro groups is 1. The predicted molar refractivity (Wildman–Crippen MR) is 80.0 cm³/mol. The summed E-state index contributed by atoms with van der Waals surface area (Å²) in [6.45, 7) is 0. The second-order valence-electron chi connectivity index (χ2n) is 4.20. The normalized spacial score (nSPS) is 10.3. The van der Waals surface area contributed by atoms with Crippen LogP contribution in [0.1, 0.15) is 0 Å². The Morgan fingerprint density at radius 1 is 1.55 bits per heavy atom. The van der Waals surface area contributed by atoms with Gasteiger partial charge in [0.1, 0.15) is 12.1 Å². The first-order valence-corrected chi connectivity index (χ1v) is 7.09. The van der Waals surface area contributed by atoms with Gasteiger partial charge in [-0.05, 0) is 6.07 Å². The molecule has 0 radical (unpaired) electrons. The van der Waals surface area contributed by atoms with Crippen LogP contribution in [0.25, 0.3) is 0 Å². The standard InChI is InChI=1S/C12H13N5O4S/c1-16-7-13-15-12(16)22-6-11(18)14-9-4-3-8(17(19)20)5-10(9)21-2/h3-5,7H,6H2,1-2H3,(H,14,18). The lowest BCUT2D eigenvalue weighted by atomic mass is 10.2. The number of hydrogen-bond donors (Lipinski definition) is 1. The molecule has 1 aromatic heterocycles. The van der Waals surface area contributed by atoms with Crippen LogP contribution in [0.5, 0.6) is 5.75 Å². The lowest BCUT2D eigenvalue weighted by molar-refractivity contribution is -0.384. The van der Waals surface area contributed by atoms with Crippen molar-refractivity contribution in [3.8, 4) is 5.75 Å². The Bertz CT molecular complexity index is 703. The molecule has 0 spiro atoms. The molecule has 2 aromatic rings. The van der Waals surface area contributed by atoms with Crippen LogP contribution in [0.4, 0.5) is 11.4 Å². The van der Waals surface area contributed by atoms with Crippen LogP contribution in [0.15, 0.2) is 29.7 Å². The lowest BCUT2D eigenvalue weighted by Crippen LogP contribution is -2.15. The summed E-state index contributed by atoms with van der Waals surface area (Å²) in [6, 6.07) is 3.99. The molecule has 1 amide bonds. The second kappa shape index (κ2) is 6.89. The fourth-order valence-electron chi connectivity index (χ4n) is 1.62. The van der Waals surface area contributed by atoms with Gasteiger partial charge in [-0.15, -0.1) is 10.2 Å². The first-order valence-electron chi connectivity index (χ1n) is 6.10. The van der Waals surface area contributed by atoms with E-state index in [1.165, 1.54) is 37.1 Å². The van der Waals surface area contributed by atoms with Crippen molar-refractivity contribution in [3.05, 3.63) is 34.6 Å². The SMILES string of the molecule is COc1cc([N+](=O)[O-])ccc1NC(=O)CSc1nncn1C. The lowest BCUT2D eigenvalue weighted by Gasteiger charge is -2.09. The van der Waals surface area contributed by atoms with Crippen LogP contribution < -0.4 is 10.1 Å². The van der Waals surface area contributed by atoms with E-state index in [1.807, 2.05) is 0 Å². The molecule has 10 heteroatoms. The Morgan fingerprint density at radius 3 is 2.91 bits per heavy atom. The summed E-state index contributed by atoms with van der Waals surface area (Å²) < 4.78 is 6.75. The number of methoxy groups -OCH3 is 1. The number of non-ortho nitro benzene ring substituents is 1. The van der Waals surface area contributed by atoms with Crippen molar-refractivity contribution in [2.75, 3.05) is 18.2 Å². The van der Waals surface area contributed by atoms with E-state index in [4.69, 9.17) is 4.74 Å². The molecule has 0 aliphatic rings. The molecule has 0 fully saturated rings. The summed E-state index contributed by atoms with van der Waals surface area (Å²) in [7, 11) is 3.16. The van der Waals surface area contributed by atoms with Crippen LogP contribution in [-0.2, 0) is 11.8 Å². The number of benzene rings is 1. The molecule has 0 aliphatic heterocycles. The van der Waals surface area contributed by atoms with Crippen molar-refractivity contribution in [2.45, 2.75) is 5.16 Å². The van der Waals surface area contributed by atoms with E-state index in [0.717, 1.165) is 0 Å². The average molecular weight is 323 g/mol. The zero-order chi connectivity index (χ0) is 16.1. The highest BCUT2D eigenvalue weighted by Gasteiger charge is 2.14. The molecular weight excluding hydrogens is 310 g/mol. The quantitative estimate of drug-likeness (QED) is 0.486. The second-order valence-corrected chi connectivity index (χ2v) is 5.15. The van der Waals surface area contributed by atoms with Gasteiger partial charge in [-0.3, -0.25) is 14.9 Å². The van der Waals surface area contributed by atoms with Gasteiger partial charge in [-0.2, -0.15) is 0 Å². The van der Waals surface area contributed by atoms with Crippen LogP contribution in [0.2, 0.25) is 0 Å². The minimum absolute atomic E-state index is 0.108. The number of aromatic nitrogens is 3. The number of anilines is 1. The molecule has 2 rings (SSSR count). The number of nitrogens with zero attached hydrogens (tertiary/aromatic N) is 4. The van der Waals surface area contributed by atoms with E-state index < -0.39 is 4.92 Å². The predicted octanol–water partition coefficient (Wildman–Crippen LogP) is 1.46. The third-order valence-corrected chi connectivity index (χ3v) is 3.71. The third-order valence-electron chi connectivity index (χ3n) is 2.67. The topological polar surface area (TPSA) is 112 Å². The Kier molecular flexibility index (Phi) is 4.94. The maximum atomic E-state index is 11.9. The summed E-state index contributed by atoms with van der Waals surface area (Å²) in [6.07, 6.45) is 1.54. The van der Waals surface area contributed by atoms with Crippen LogP contribution >= 0.6 is 11.8 Å². The number of rotatable bonds is 6. The van der Waals surface area contributed by atoms with Crippen molar-refractivity contribution >= 4 is 29.0 Å². The van der Waals surface area contributed by atoms with E-state index in [1.54, 1.807) is 17.9 Å². The van der Waals surface area contributed by atoms with Gasteiger partial charge in [0.2, 0.25) is 5.91 Å². The van der Waals surface area contributed by atoms with Crippen LogP contribution in [0.3, 0.4) is 0 Å². The maximum Gasteiger partial charge on any atom is 0.273 e. The van der Waals surface area contributed by atoms with Crippen molar-refractivity contribution in [2.24, 2.45) is 7.05 Å². The van der Waals surface area contributed by atoms with Gasteiger partial charge < -0.3 is 14.6 Å². The smallest absolute Gasteiger partial charge is 0.273 e. The van der Waals surface area contributed by atoms with Gasteiger partial charge in [-0.1, -0.05) is 11.8 Å². The fourth-order valence-corrected chi connectivity index (χ4v) is 2.30. The van der Waals surface area contributed by atoms with Crippen LogP contribution in [0, 0.1) is 10.1 Å². The summed E-state index contributed by atoms with van der Waals surface area (Å²) >= 11 is 1.23. The third kappa shape index (κ3) is 3.73. The zero-order valence-electron chi connectivity index (χ0n) is 11.8. The molecule has 0 bridgehead atoms. The van der Waals surface area contributed by atoms with Gasteiger partial charge in [0, 0.05) is 13.1 Å². The Labute approximate surface area is 129 Å². The Balaban J connectivity index is 2.02. The van der Waals surface area contributed by atoms with Crippen molar-refractivity contribution in [1.82, 2.24) is 14.8 Å². The first-order chi connectivity index (χ1) is 10.5. The van der Waals surface area contributed by atoms with E-state index in [2.05, 4.69) is 15.5 Å². The van der Waals surface area contributed by atoms with Crippen LogP contribution in [-0.4, -0.2) is 38.5 Å². The van der Waals surface area contributed by atoms with Gasteiger partial charge in [-0.25, -0.2) is 0 Å². The molecular formula is C12H13N5O4S. The minimum atomic E-state index is -0.530. The number of thioether (sulfide) groups is 1. The minimum Gasteiger partial charge on any atom is -0.494 e. The number of nitro benzene ring substituents is 1. The van der Waals surface area contributed by atoms with Crippen molar-refractivity contribution < 1.29 is 14.5 Å². The molecule has 1 aromatic carbocycles. The summed E-state index contributed by atoms with van der Waals surface area (Å²) in [5, 5.41) is 21.5. The average Bonchev–Trinajstić information content (AvgIpc) is 2.90. The molecule has 9 nitrogen and oxygen atoms in total. The zero-order valence-corrected chi connectivity index (χ0v) is 12.7. The fraction of sp³-hybridized carbons (Fsp3) is 0.250. The molecule has 116 valence electrons. The highest BCUT2D eigenvalue weighted by Crippen LogP contribution is 2.29. The number of carbonyl (C=O) groups excluding carboxylic acids is 1. The van der Waals surface area contributed by atoms with Crippen molar-refractivity contribution in [3.63, 3.8) is 0 Å². The number of hydrogen-bond acceptors (Lipinski definition) is 7. The summed E-state index contributed by atoms with van der Waals surface area (Å²) in [5.41, 5.74) is 0.264. The molecule has 1 heterocycles. The molecule has 0 saturated carbocycles. The molecule has 0 saturated heterocycles. The summed E-state index contributed by atoms with van der Waals surface area (Å²) in [4.78, 5) is 22.1. The Hall–Kier alpha value is -2.62. The Morgan fingerprint density at radius 2 is 2.32 bits per heavy atom. The van der Waals surface area contributed by atoms with Gasteiger partial charge in [0.25, 0.3) is 5.69 Å².